The normalized spacial score (nSPS) is 19.8. The monoisotopic (exact) mass is 221 g/mol. The second-order valence-electron chi connectivity index (χ2n) is 4.97. The Labute approximate surface area is 98.4 Å². The third kappa shape index (κ3) is 3.38. The summed E-state index contributed by atoms with van der Waals surface area (Å²) in [7, 11) is 0. The molecule has 1 aromatic rings. The zero-order valence-corrected chi connectivity index (χ0v) is 10.2. The van der Waals surface area contributed by atoms with Crippen molar-refractivity contribution < 1.29 is 4.42 Å². The van der Waals surface area contributed by atoms with Crippen molar-refractivity contribution in [3.63, 3.8) is 0 Å². The first kappa shape index (κ1) is 11.7. The van der Waals surface area contributed by atoms with E-state index < -0.39 is 0 Å². The standard InChI is InChI=1S/C14H23NO/c1-12(13-6-3-2-4-7-13)15-10-9-14-8-5-11-16-14/h5,8,11-13,15H,2-4,6-7,9-10H2,1H3. The zero-order chi connectivity index (χ0) is 11.2. The van der Waals surface area contributed by atoms with Gasteiger partial charge in [-0.3, -0.25) is 0 Å². The molecule has 1 saturated carbocycles. The molecule has 1 unspecified atom stereocenters. The second kappa shape index (κ2) is 6.09. The maximum atomic E-state index is 5.32. The summed E-state index contributed by atoms with van der Waals surface area (Å²) in [5.74, 6) is 1.98. The number of hydrogen-bond donors (Lipinski definition) is 1. The molecule has 2 rings (SSSR count). The fourth-order valence-corrected chi connectivity index (χ4v) is 2.68. The first-order valence-electron chi connectivity index (χ1n) is 6.62. The summed E-state index contributed by atoms with van der Waals surface area (Å²) in [5, 5.41) is 3.63. The Morgan fingerprint density at radius 1 is 1.38 bits per heavy atom. The molecule has 1 N–H and O–H groups in total. The molecule has 1 fully saturated rings. The van der Waals surface area contributed by atoms with Crippen molar-refractivity contribution in [2.45, 2.75) is 51.5 Å². The minimum Gasteiger partial charge on any atom is -0.469 e. The Hall–Kier alpha value is -0.760. The molecule has 1 heterocycles. The van der Waals surface area contributed by atoms with Gasteiger partial charge in [0.1, 0.15) is 5.76 Å². The Kier molecular flexibility index (Phi) is 4.46. The lowest BCUT2D eigenvalue weighted by Gasteiger charge is -2.28. The highest BCUT2D eigenvalue weighted by molar-refractivity contribution is 4.98. The Bertz CT molecular complexity index is 275. The van der Waals surface area contributed by atoms with Gasteiger partial charge in [0.25, 0.3) is 0 Å². The van der Waals surface area contributed by atoms with Gasteiger partial charge in [0.15, 0.2) is 0 Å². The molecule has 0 radical (unpaired) electrons. The molecule has 1 aromatic heterocycles. The SMILES string of the molecule is CC(NCCc1ccco1)C1CCCCC1. The fraction of sp³-hybridized carbons (Fsp3) is 0.714. The summed E-state index contributed by atoms with van der Waals surface area (Å²) < 4.78 is 5.32. The van der Waals surface area contributed by atoms with E-state index in [4.69, 9.17) is 4.42 Å². The van der Waals surface area contributed by atoms with E-state index in [1.807, 2.05) is 12.1 Å². The quantitative estimate of drug-likeness (QED) is 0.824. The van der Waals surface area contributed by atoms with Crippen molar-refractivity contribution in [3.8, 4) is 0 Å². The largest absolute Gasteiger partial charge is 0.469 e. The number of rotatable bonds is 5. The van der Waals surface area contributed by atoms with E-state index in [1.165, 1.54) is 32.1 Å². The molecule has 1 aliphatic carbocycles. The van der Waals surface area contributed by atoms with E-state index in [1.54, 1.807) is 6.26 Å². The summed E-state index contributed by atoms with van der Waals surface area (Å²) in [6.45, 7) is 3.36. The highest BCUT2D eigenvalue weighted by Crippen LogP contribution is 2.26. The van der Waals surface area contributed by atoms with Crippen molar-refractivity contribution in [2.24, 2.45) is 5.92 Å². The van der Waals surface area contributed by atoms with Crippen LogP contribution in [-0.2, 0) is 6.42 Å². The Morgan fingerprint density at radius 2 is 2.19 bits per heavy atom. The van der Waals surface area contributed by atoms with E-state index in [0.717, 1.165) is 24.6 Å². The summed E-state index contributed by atoms with van der Waals surface area (Å²) in [4.78, 5) is 0. The van der Waals surface area contributed by atoms with Gasteiger partial charge < -0.3 is 9.73 Å². The van der Waals surface area contributed by atoms with Crippen LogP contribution < -0.4 is 5.32 Å². The molecule has 0 spiro atoms. The van der Waals surface area contributed by atoms with E-state index in [-0.39, 0.29) is 0 Å². The number of nitrogens with one attached hydrogen (secondary N) is 1. The smallest absolute Gasteiger partial charge is 0.105 e. The lowest BCUT2D eigenvalue weighted by molar-refractivity contribution is 0.281. The van der Waals surface area contributed by atoms with E-state index >= 15 is 0 Å². The van der Waals surface area contributed by atoms with E-state index in [0.29, 0.717) is 6.04 Å². The van der Waals surface area contributed by atoms with Crippen LogP contribution in [0.3, 0.4) is 0 Å². The van der Waals surface area contributed by atoms with Crippen LogP contribution >= 0.6 is 0 Å². The highest BCUT2D eigenvalue weighted by atomic mass is 16.3. The molecule has 90 valence electrons. The van der Waals surface area contributed by atoms with Crippen LogP contribution in [0.2, 0.25) is 0 Å². The first-order chi connectivity index (χ1) is 7.86. The maximum absolute atomic E-state index is 5.32. The van der Waals surface area contributed by atoms with E-state index in [2.05, 4.69) is 12.2 Å². The van der Waals surface area contributed by atoms with Crippen LogP contribution in [0.15, 0.2) is 22.8 Å². The van der Waals surface area contributed by atoms with Gasteiger partial charge in [-0.2, -0.15) is 0 Å². The van der Waals surface area contributed by atoms with Gasteiger partial charge in [-0.25, -0.2) is 0 Å². The molecule has 1 aliphatic rings. The molecule has 0 aromatic carbocycles. The zero-order valence-electron chi connectivity index (χ0n) is 10.2. The maximum Gasteiger partial charge on any atom is 0.105 e. The van der Waals surface area contributed by atoms with Gasteiger partial charge in [0.05, 0.1) is 6.26 Å². The fourth-order valence-electron chi connectivity index (χ4n) is 2.68. The van der Waals surface area contributed by atoms with Crippen LogP contribution in [-0.4, -0.2) is 12.6 Å². The molecule has 1 atom stereocenters. The summed E-state index contributed by atoms with van der Waals surface area (Å²) in [5.41, 5.74) is 0. The summed E-state index contributed by atoms with van der Waals surface area (Å²) in [6.07, 6.45) is 9.87. The number of hydrogen-bond acceptors (Lipinski definition) is 2. The van der Waals surface area contributed by atoms with Gasteiger partial charge in [-0.05, 0) is 37.8 Å². The third-order valence-corrected chi connectivity index (χ3v) is 3.77. The van der Waals surface area contributed by atoms with Gasteiger partial charge >= 0.3 is 0 Å². The summed E-state index contributed by atoms with van der Waals surface area (Å²) in [6, 6.07) is 4.67. The topological polar surface area (TPSA) is 25.2 Å². The van der Waals surface area contributed by atoms with Crippen LogP contribution in [0.1, 0.15) is 44.8 Å². The molecule has 0 bridgehead atoms. The Morgan fingerprint density at radius 3 is 2.88 bits per heavy atom. The van der Waals surface area contributed by atoms with Crippen molar-refractivity contribution in [3.05, 3.63) is 24.2 Å². The highest BCUT2D eigenvalue weighted by Gasteiger charge is 2.19. The van der Waals surface area contributed by atoms with Crippen LogP contribution in [0.5, 0.6) is 0 Å². The van der Waals surface area contributed by atoms with Gasteiger partial charge in [0.2, 0.25) is 0 Å². The molecule has 0 aliphatic heterocycles. The van der Waals surface area contributed by atoms with Gasteiger partial charge in [-0.15, -0.1) is 0 Å². The average molecular weight is 221 g/mol. The Balaban J connectivity index is 1.65. The molecule has 2 heteroatoms. The van der Waals surface area contributed by atoms with Gasteiger partial charge in [0, 0.05) is 19.0 Å². The van der Waals surface area contributed by atoms with Crippen molar-refractivity contribution >= 4 is 0 Å². The molecule has 0 amide bonds. The second-order valence-corrected chi connectivity index (χ2v) is 4.97. The van der Waals surface area contributed by atoms with Crippen molar-refractivity contribution in [2.75, 3.05) is 6.54 Å². The predicted molar refractivity (Wildman–Crippen MR) is 66.5 cm³/mol. The van der Waals surface area contributed by atoms with Crippen molar-refractivity contribution in [1.82, 2.24) is 5.32 Å². The van der Waals surface area contributed by atoms with Crippen LogP contribution in [0, 0.1) is 5.92 Å². The molecule has 16 heavy (non-hydrogen) atoms. The van der Waals surface area contributed by atoms with Gasteiger partial charge in [-0.1, -0.05) is 19.3 Å². The average Bonchev–Trinajstić information content (AvgIpc) is 2.83. The molecule has 0 saturated heterocycles. The molecular weight excluding hydrogens is 198 g/mol. The summed E-state index contributed by atoms with van der Waals surface area (Å²) >= 11 is 0. The lowest BCUT2D eigenvalue weighted by Crippen LogP contribution is -2.35. The van der Waals surface area contributed by atoms with E-state index in [9.17, 15) is 0 Å². The van der Waals surface area contributed by atoms with Crippen LogP contribution in [0.4, 0.5) is 0 Å². The molecule has 2 nitrogen and oxygen atoms in total. The lowest BCUT2D eigenvalue weighted by atomic mass is 9.84. The third-order valence-electron chi connectivity index (χ3n) is 3.77. The molecular formula is C14H23NO. The van der Waals surface area contributed by atoms with Crippen molar-refractivity contribution in [1.29, 1.82) is 0 Å². The minimum absolute atomic E-state index is 0.662. The predicted octanol–water partition coefficient (Wildman–Crippen LogP) is 3.38. The number of furan rings is 1. The van der Waals surface area contributed by atoms with Crippen LogP contribution in [0.25, 0.3) is 0 Å². The first-order valence-corrected chi connectivity index (χ1v) is 6.62. The minimum atomic E-state index is 0.662.